The molecule has 3 heterocycles. The van der Waals surface area contributed by atoms with Gasteiger partial charge in [0.15, 0.2) is 0 Å². The number of aromatic amines is 1. The van der Waals surface area contributed by atoms with E-state index < -0.39 is 0 Å². The highest BCUT2D eigenvalue weighted by atomic mass is 16.5. The molecule has 23 heavy (non-hydrogen) atoms. The molecule has 2 saturated heterocycles. The van der Waals surface area contributed by atoms with Crippen LogP contribution in [0.4, 0.5) is 0 Å². The van der Waals surface area contributed by atoms with E-state index in [9.17, 15) is 4.79 Å². The lowest BCUT2D eigenvalue weighted by atomic mass is 10.0. The second kappa shape index (κ2) is 7.90. The van der Waals surface area contributed by atoms with Crippen molar-refractivity contribution in [3.8, 4) is 0 Å². The number of hydrogen-bond acceptors (Lipinski definition) is 6. The van der Waals surface area contributed by atoms with Crippen molar-refractivity contribution < 1.29 is 14.3 Å². The molecule has 0 spiro atoms. The molecule has 0 amide bonds. The van der Waals surface area contributed by atoms with Gasteiger partial charge in [-0.2, -0.15) is 5.10 Å². The Morgan fingerprint density at radius 1 is 1.43 bits per heavy atom. The second-order valence-corrected chi connectivity index (χ2v) is 6.17. The molecular formula is C16H26N4O3. The van der Waals surface area contributed by atoms with E-state index in [1.54, 1.807) is 6.20 Å². The molecule has 0 aliphatic carbocycles. The van der Waals surface area contributed by atoms with Gasteiger partial charge in [-0.05, 0) is 26.3 Å². The van der Waals surface area contributed by atoms with Gasteiger partial charge in [-0.25, -0.2) is 4.79 Å². The smallest absolute Gasteiger partial charge is 0.356 e. The largest absolute Gasteiger partial charge is 0.461 e. The van der Waals surface area contributed by atoms with Crippen molar-refractivity contribution in [1.29, 1.82) is 0 Å². The molecular weight excluding hydrogens is 296 g/mol. The van der Waals surface area contributed by atoms with Crippen LogP contribution in [0.1, 0.15) is 35.8 Å². The Kier molecular flexibility index (Phi) is 5.64. The van der Waals surface area contributed by atoms with E-state index in [1.807, 2.05) is 6.92 Å². The number of nitrogens with zero attached hydrogens (tertiary/aromatic N) is 3. The van der Waals surface area contributed by atoms with Crippen LogP contribution in [0.3, 0.4) is 0 Å². The summed E-state index contributed by atoms with van der Waals surface area (Å²) in [5.41, 5.74) is 1.41. The van der Waals surface area contributed by atoms with Crippen molar-refractivity contribution in [2.24, 2.45) is 0 Å². The monoisotopic (exact) mass is 322 g/mol. The van der Waals surface area contributed by atoms with E-state index in [1.165, 1.54) is 12.8 Å². The van der Waals surface area contributed by atoms with Crippen molar-refractivity contribution >= 4 is 5.97 Å². The summed E-state index contributed by atoms with van der Waals surface area (Å²) in [6, 6.07) is 0.589. The highest BCUT2D eigenvalue weighted by Gasteiger charge is 2.27. The standard InChI is InChI=1S/C16H26N4O3/c1-2-23-16(21)15-13(10-17-18-15)11-19-5-3-4-14(12-19)20-6-8-22-9-7-20/h10,14H,2-9,11-12H2,1H3,(H,17,18). The van der Waals surface area contributed by atoms with Gasteiger partial charge in [-0.1, -0.05) is 0 Å². The van der Waals surface area contributed by atoms with Crippen LogP contribution < -0.4 is 0 Å². The van der Waals surface area contributed by atoms with Crippen LogP contribution in [0.25, 0.3) is 0 Å². The summed E-state index contributed by atoms with van der Waals surface area (Å²) in [5.74, 6) is -0.318. The normalized spacial score (nSPS) is 23.8. The number of carbonyl (C=O) groups is 1. The summed E-state index contributed by atoms with van der Waals surface area (Å²) in [6.45, 7) is 8.76. The molecule has 0 aromatic carbocycles. The fraction of sp³-hybridized carbons (Fsp3) is 0.750. The summed E-state index contributed by atoms with van der Waals surface area (Å²) in [6.07, 6.45) is 4.17. The highest BCUT2D eigenvalue weighted by Crippen LogP contribution is 2.20. The summed E-state index contributed by atoms with van der Waals surface area (Å²) in [7, 11) is 0. The van der Waals surface area contributed by atoms with Gasteiger partial charge in [-0.3, -0.25) is 14.9 Å². The van der Waals surface area contributed by atoms with Crippen LogP contribution in [0.2, 0.25) is 0 Å². The maximum atomic E-state index is 11.9. The topological polar surface area (TPSA) is 70.7 Å². The van der Waals surface area contributed by atoms with Crippen molar-refractivity contribution in [1.82, 2.24) is 20.0 Å². The fourth-order valence-electron chi connectivity index (χ4n) is 3.47. The molecule has 1 N–H and O–H groups in total. The van der Waals surface area contributed by atoms with Crippen LogP contribution in [-0.4, -0.2) is 78.0 Å². The maximum absolute atomic E-state index is 11.9. The molecule has 2 aliphatic heterocycles. The molecule has 2 fully saturated rings. The Morgan fingerprint density at radius 2 is 2.26 bits per heavy atom. The summed E-state index contributed by atoms with van der Waals surface area (Å²) in [4.78, 5) is 16.9. The lowest BCUT2D eigenvalue weighted by molar-refractivity contribution is -0.00364. The fourth-order valence-corrected chi connectivity index (χ4v) is 3.47. The first-order valence-corrected chi connectivity index (χ1v) is 8.51. The number of ether oxygens (including phenoxy) is 2. The number of rotatable bonds is 5. The molecule has 1 atom stereocenters. The van der Waals surface area contributed by atoms with Gasteiger partial charge in [0.25, 0.3) is 0 Å². The maximum Gasteiger partial charge on any atom is 0.356 e. The van der Waals surface area contributed by atoms with Gasteiger partial charge in [0.05, 0.1) is 26.0 Å². The Hall–Kier alpha value is -1.44. The third-order valence-electron chi connectivity index (χ3n) is 4.63. The van der Waals surface area contributed by atoms with Crippen LogP contribution >= 0.6 is 0 Å². The number of nitrogens with one attached hydrogen (secondary N) is 1. The molecule has 3 rings (SSSR count). The van der Waals surface area contributed by atoms with Gasteiger partial charge in [0, 0.05) is 37.8 Å². The minimum Gasteiger partial charge on any atom is -0.461 e. The zero-order valence-electron chi connectivity index (χ0n) is 13.8. The minimum absolute atomic E-state index is 0.318. The first-order chi connectivity index (χ1) is 11.3. The first-order valence-electron chi connectivity index (χ1n) is 8.51. The molecule has 1 unspecified atom stereocenters. The number of esters is 1. The average molecular weight is 322 g/mol. The van der Waals surface area contributed by atoms with E-state index in [-0.39, 0.29) is 5.97 Å². The predicted molar refractivity (Wildman–Crippen MR) is 85.2 cm³/mol. The summed E-state index contributed by atoms with van der Waals surface area (Å²) < 4.78 is 10.5. The predicted octanol–water partition coefficient (Wildman–Crippen LogP) is 0.883. The molecule has 7 nitrogen and oxygen atoms in total. The lowest BCUT2D eigenvalue weighted by Gasteiger charge is -2.40. The first kappa shape index (κ1) is 16.4. The number of aromatic nitrogens is 2. The number of piperidine rings is 1. The Balaban J connectivity index is 1.59. The molecule has 2 aliphatic rings. The quantitative estimate of drug-likeness (QED) is 0.812. The van der Waals surface area contributed by atoms with Crippen LogP contribution in [-0.2, 0) is 16.0 Å². The van der Waals surface area contributed by atoms with E-state index in [2.05, 4.69) is 20.0 Å². The van der Waals surface area contributed by atoms with Gasteiger partial charge < -0.3 is 9.47 Å². The van der Waals surface area contributed by atoms with Crippen molar-refractivity contribution in [2.75, 3.05) is 46.0 Å². The molecule has 1 aromatic heterocycles. The molecule has 128 valence electrons. The van der Waals surface area contributed by atoms with E-state index in [4.69, 9.17) is 9.47 Å². The third-order valence-corrected chi connectivity index (χ3v) is 4.63. The van der Waals surface area contributed by atoms with Crippen LogP contribution in [0.5, 0.6) is 0 Å². The molecule has 0 bridgehead atoms. The molecule has 7 heteroatoms. The zero-order chi connectivity index (χ0) is 16.1. The van der Waals surface area contributed by atoms with Crippen LogP contribution in [0, 0.1) is 0 Å². The number of hydrogen-bond donors (Lipinski definition) is 1. The molecule has 0 saturated carbocycles. The number of H-pyrrole nitrogens is 1. The van der Waals surface area contributed by atoms with E-state index in [0.717, 1.165) is 51.5 Å². The second-order valence-electron chi connectivity index (χ2n) is 6.17. The Labute approximate surface area is 136 Å². The zero-order valence-corrected chi connectivity index (χ0v) is 13.8. The van der Waals surface area contributed by atoms with Crippen LogP contribution in [0.15, 0.2) is 6.20 Å². The Morgan fingerprint density at radius 3 is 3.04 bits per heavy atom. The van der Waals surface area contributed by atoms with Gasteiger partial charge in [-0.15, -0.1) is 0 Å². The molecule has 0 radical (unpaired) electrons. The van der Waals surface area contributed by atoms with Gasteiger partial charge in [0.2, 0.25) is 0 Å². The third kappa shape index (κ3) is 4.10. The summed E-state index contributed by atoms with van der Waals surface area (Å²) >= 11 is 0. The summed E-state index contributed by atoms with van der Waals surface area (Å²) in [5, 5.41) is 6.80. The van der Waals surface area contributed by atoms with E-state index in [0.29, 0.717) is 18.3 Å². The lowest BCUT2D eigenvalue weighted by Crippen LogP contribution is -2.51. The minimum atomic E-state index is -0.318. The van der Waals surface area contributed by atoms with E-state index >= 15 is 0 Å². The van der Waals surface area contributed by atoms with Crippen molar-refractivity contribution in [3.05, 3.63) is 17.5 Å². The van der Waals surface area contributed by atoms with Crippen molar-refractivity contribution in [3.63, 3.8) is 0 Å². The van der Waals surface area contributed by atoms with Crippen molar-refractivity contribution in [2.45, 2.75) is 32.4 Å². The number of carbonyl (C=O) groups excluding carboxylic acids is 1. The highest BCUT2D eigenvalue weighted by molar-refractivity contribution is 5.88. The number of morpholine rings is 1. The average Bonchev–Trinajstić information content (AvgIpc) is 3.04. The number of likely N-dealkylation sites (tertiary alicyclic amines) is 1. The van der Waals surface area contributed by atoms with Gasteiger partial charge in [0.1, 0.15) is 5.69 Å². The SMILES string of the molecule is CCOC(=O)c1[nH]ncc1CN1CCCC(N2CCOCC2)C1. The van der Waals surface area contributed by atoms with Gasteiger partial charge >= 0.3 is 5.97 Å². The Bertz CT molecular complexity index is 513. The molecule has 1 aromatic rings.